The van der Waals surface area contributed by atoms with Gasteiger partial charge in [0.05, 0.1) is 0 Å². The van der Waals surface area contributed by atoms with Crippen LogP contribution in [0.15, 0.2) is 11.4 Å². The lowest BCUT2D eigenvalue weighted by molar-refractivity contribution is -0.0385. The van der Waals surface area contributed by atoms with E-state index in [1.807, 2.05) is 11.3 Å². The highest BCUT2D eigenvalue weighted by molar-refractivity contribution is 7.10. The van der Waals surface area contributed by atoms with E-state index in [0.717, 1.165) is 12.5 Å². The first-order chi connectivity index (χ1) is 9.60. The van der Waals surface area contributed by atoms with Crippen molar-refractivity contribution in [3.63, 3.8) is 0 Å². The first-order valence-corrected chi connectivity index (χ1v) is 9.01. The average Bonchev–Trinajstić information content (AvgIpc) is 2.92. The van der Waals surface area contributed by atoms with Crippen molar-refractivity contribution < 1.29 is 0 Å². The molecule has 0 saturated heterocycles. The van der Waals surface area contributed by atoms with Crippen LogP contribution in [-0.2, 0) is 6.42 Å². The summed E-state index contributed by atoms with van der Waals surface area (Å²) in [4.78, 5) is 4.35. The summed E-state index contributed by atoms with van der Waals surface area (Å²) >= 11 is 1.93. The molecule has 3 heteroatoms. The Kier molecular flexibility index (Phi) is 3.95. The predicted molar refractivity (Wildman–Crippen MR) is 87.1 cm³/mol. The lowest BCUT2D eigenvalue weighted by Crippen LogP contribution is -2.62. The van der Waals surface area contributed by atoms with Gasteiger partial charge in [0.2, 0.25) is 0 Å². The molecule has 4 unspecified atom stereocenters. The molecule has 20 heavy (non-hydrogen) atoms. The maximum Gasteiger partial charge on any atom is 0.0365 e. The molecule has 112 valence electrons. The van der Waals surface area contributed by atoms with E-state index in [1.165, 1.54) is 32.2 Å². The van der Waals surface area contributed by atoms with Gasteiger partial charge < -0.3 is 5.73 Å². The molecule has 2 heterocycles. The van der Waals surface area contributed by atoms with Gasteiger partial charge in [-0.15, -0.1) is 11.3 Å². The largest absolute Gasteiger partial charge is 0.329 e. The van der Waals surface area contributed by atoms with E-state index in [4.69, 9.17) is 5.73 Å². The van der Waals surface area contributed by atoms with E-state index in [0.29, 0.717) is 12.0 Å². The van der Waals surface area contributed by atoms with Crippen molar-refractivity contribution in [3.8, 4) is 0 Å². The standard InChI is InChI=1S/C17H28N2S/c1-12-5-4-8-17(11-18,13(12)2)19-9-6-16-15(14(19)3)7-10-20-16/h7,10,12-14H,4-6,8-9,11,18H2,1-3H3. The molecule has 1 fully saturated rings. The minimum atomic E-state index is 0.219. The Balaban J connectivity index is 1.94. The first-order valence-electron chi connectivity index (χ1n) is 8.13. The number of nitrogens with zero attached hydrogens (tertiary/aromatic N) is 1. The first kappa shape index (κ1) is 14.6. The minimum absolute atomic E-state index is 0.219. The molecule has 4 atom stereocenters. The smallest absolute Gasteiger partial charge is 0.0365 e. The molecule has 1 aromatic heterocycles. The Morgan fingerprint density at radius 3 is 2.95 bits per heavy atom. The van der Waals surface area contributed by atoms with Crippen molar-refractivity contribution in [2.45, 2.75) is 58.0 Å². The summed E-state index contributed by atoms with van der Waals surface area (Å²) in [6.07, 6.45) is 5.19. The second kappa shape index (κ2) is 5.43. The van der Waals surface area contributed by atoms with Crippen molar-refractivity contribution in [1.82, 2.24) is 4.90 Å². The quantitative estimate of drug-likeness (QED) is 0.898. The monoisotopic (exact) mass is 292 g/mol. The molecule has 1 aliphatic heterocycles. The summed E-state index contributed by atoms with van der Waals surface area (Å²) in [5.74, 6) is 1.49. The number of thiophene rings is 1. The maximum atomic E-state index is 6.34. The van der Waals surface area contributed by atoms with Crippen LogP contribution in [0.25, 0.3) is 0 Å². The zero-order valence-electron chi connectivity index (χ0n) is 13.1. The summed E-state index contributed by atoms with van der Waals surface area (Å²) in [6.45, 7) is 9.23. The second-order valence-corrected chi connectivity index (χ2v) is 7.89. The lowest BCUT2D eigenvalue weighted by atomic mass is 9.66. The maximum absolute atomic E-state index is 6.34. The van der Waals surface area contributed by atoms with Crippen LogP contribution in [0.4, 0.5) is 0 Å². The summed E-state index contributed by atoms with van der Waals surface area (Å²) in [5.41, 5.74) is 8.11. The fraction of sp³-hybridized carbons (Fsp3) is 0.765. The van der Waals surface area contributed by atoms with Gasteiger partial charge in [-0.1, -0.05) is 26.7 Å². The number of fused-ring (bicyclic) bond motifs is 1. The molecule has 0 aromatic carbocycles. The van der Waals surface area contributed by atoms with E-state index in [-0.39, 0.29) is 5.54 Å². The Morgan fingerprint density at radius 1 is 1.40 bits per heavy atom. The van der Waals surface area contributed by atoms with E-state index in [9.17, 15) is 0 Å². The SMILES string of the molecule is CC1CCCC(CN)(N2CCc3sccc3C2C)C1C. The Morgan fingerprint density at radius 2 is 2.20 bits per heavy atom. The van der Waals surface area contributed by atoms with Gasteiger partial charge in [0.15, 0.2) is 0 Å². The molecule has 0 amide bonds. The normalized spacial score (nSPS) is 38.7. The molecule has 0 radical (unpaired) electrons. The van der Waals surface area contributed by atoms with Gasteiger partial charge in [-0.05, 0) is 48.6 Å². The van der Waals surface area contributed by atoms with Crippen LogP contribution in [0.2, 0.25) is 0 Å². The fourth-order valence-corrected chi connectivity index (χ4v) is 5.63. The summed E-state index contributed by atoms with van der Waals surface area (Å²) in [6, 6.07) is 2.86. The zero-order valence-corrected chi connectivity index (χ0v) is 13.9. The third-order valence-corrected chi connectivity index (χ3v) is 7.17. The number of hydrogen-bond acceptors (Lipinski definition) is 3. The van der Waals surface area contributed by atoms with Crippen LogP contribution in [0.1, 0.15) is 56.5 Å². The Bertz CT molecular complexity index is 469. The summed E-state index contributed by atoms with van der Waals surface area (Å²) in [5, 5.41) is 2.26. The molecule has 2 nitrogen and oxygen atoms in total. The topological polar surface area (TPSA) is 29.3 Å². The van der Waals surface area contributed by atoms with E-state index in [1.54, 1.807) is 10.4 Å². The highest BCUT2D eigenvalue weighted by Crippen LogP contribution is 2.46. The zero-order chi connectivity index (χ0) is 14.3. The number of rotatable bonds is 2. The Labute approximate surface area is 127 Å². The van der Waals surface area contributed by atoms with Gasteiger partial charge in [0, 0.05) is 29.5 Å². The van der Waals surface area contributed by atoms with Crippen LogP contribution >= 0.6 is 11.3 Å². The second-order valence-electron chi connectivity index (χ2n) is 6.88. The van der Waals surface area contributed by atoms with E-state index in [2.05, 4.69) is 37.1 Å². The molecule has 2 N–H and O–H groups in total. The molecule has 0 bridgehead atoms. The predicted octanol–water partition coefficient (Wildman–Crippen LogP) is 3.82. The van der Waals surface area contributed by atoms with Crippen molar-refractivity contribution in [2.75, 3.05) is 13.1 Å². The third-order valence-electron chi connectivity index (χ3n) is 6.17. The average molecular weight is 292 g/mol. The van der Waals surface area contributed by atoms with Crippen LogP contribution in [0, 0.1) is 11.8 Å². The van der Waals surface area contributed by atoms with Gasteiger partial charge in [-0.3, -0.25) is 4.90 Å². The van der Waals surface area contributed by atoms with E-state index < -0.39 is 0 Å². The van der Waals surface area contributed by atoms with Crippen LogP contribution in [0.3, 0.4) is 0 Å². The number of nitrogens with two attached hydrogens (primary N) is 1. The molecular formula is C17H28N2S. The van der Waals surface area contributed by atoms with Gasteiger partial charge in [0.25, 0.3) is 0 Å². The molecule has 2 aliphatic rings. The van der Waals surface area contributed by atoms with Crippen LogP contribution in [-0.4, -0.2) is 23.5 Å². The molecular weight excluding hydrogens is 264 g/mol. The number of hydrogen-bond donors (Lipinski definition) is 1. The molecule has 0 spiro atoms. The molecule has 1 aliphatic carbocycles. The van der Waals surface area contributed by atoms with Crippen LogP contribution in [0.5, 0.6) is 0 Å². The van der Waals surface area contributed by atoms with Crippen molar-refractivity contribution in [1.29, 1.82) is 0 Å². The minimum Gasteiger partial charge on any atom is -0.329 e. The van der Waals surface area contributed by atoms with Gasteiger partial charge in [-0.25, -0.2) is 0 Å². The van der Waals surface area contributed by atoms with Crippen molar-refractivity contribution >= 4 is 11.3 Å². The Hall–Kier alpha value is -0.380. The van der Waals surface area contributed by atoms with Gasteiger partial charge in [0.1, 0.15) is 0 Å². The highest BCUT2D eigenvalue weighted by atomic mass is 32.1. The lowest BCUT2D eigenvalue weighted by Gasteiger charge is -2.55. The summed E-state index contributed by atoms with van der Waals surface area (Å²) < 4.78 is 0. The van der Waals surface area contributed by atoms with E-state index >= 15 is 0 Å². The van der Waals surface area contributed by atoms with Crippen molar-refractivity contribution in [3.05, 3.63) is 21.9 Å². The molecule has 1 saturated carbocycles. The highest BCUT2D eigenvalue weighted by Gasteiger charge is 2.47. The van der Waals surface area contributed by atoms with Crippen molar-refractivity contribution in [2.24, 2.45) is 17.6 Å². The molecule has 1 aromatic rings. The molecule has 3 rings (SSSR count). The van der Waals surface area contributed by atoms with Crippen LogP contribution < -0.4 is 5.73 Å². The third kappa shape index (κ3) is 2.06. The van der Waals surface area contributed by atoms with Gasteiger partial charge in [-0.2, -0.15) is 0 Å². The van der Waals surface area contributed by atoms with Gasteiger partial charge >= 0.3 is 0 Å². The fourth-order valence-electron chi connectivity index (χ4n) is 4.67. The summed E-state index contributed by atoms with van der Waals surface area (Å²) in [7, 11) is 0.